The summed E-state index contributed by atoms with van der Waals surface area (Å²) in [6.45, 7) is 10.2. The summed E-state index contributed by atoms with van der Waals surface area (Å²) in [4.78, 5) is 28.8. The van der Waals surface area contributed by atoms with Gasteiger partial charge < -0.3 is 15.0 Å². The van der Waals surface area contributed by atoms with Crippen LogP contribution in [0, 0.1) is 6.92 Å². The molecule has 3 aromatic rings. The van der Waals surface area contributed by atoms with Crippen molar-refractivity contribution in [2.24, 2.45) is 0 Å². The molecule has 0 unspecified atom stereocenters. The predicted molar refractivity (Wildman–Crippen MR) is 145 cm³/mol. The molecule has 3 rings (SSSR count). The molecule has 0 heterocycles. The highest BCUT2D eigenvalue weighted by Gasteiger charge is 2.31. The summed E-state index contributed by atoms with van der Waals surface area (Å²) in [5.41, 5.74) is 4.15. The van der Waals surface area contributed by atoms with E-state index in [1.54, 1.807) is 4.90 Å². The van der Waals surface area contributed by atoms with E-state index in [0.717, 1.165) is 22.3 Å². The van der Waals surface area contributed by atoms with Gasteiger partial charge >= 0.3 is 0 Å². The third kappa shape index (κ3) is 7.70. The van der Waals surface area contributed by atoms with Crippen molar-refractivity contribution in [2.75, 3.05) is 6.61 Å². The molecule has 1 N–H and O–H groups in total. The highest BCUT2D eigenvalue weighted by molar-refractivity contribution is 5.88. The molecule has 1 atom stereocenters. The predicted octanol–water partition coefficient (Wildman–Crippen LogP) is 5.66. The van der Waals surface area contributed by atoms with Crippen molar-refractivity contribution in [3.63, 3.8) is 0 Å². The van der Waals surface area contributed by atoms with Gasteiger partial charge in [0, 0.05) is 19.0 Å². The van der Waals surface area contributed by atoms with Crippen LogP contribution in [0.5, 0.6) is 5.75 Å². The molecule has 0 saturated carbocycles. The first-order chi connectivity index (χ1) is 17.2. The number of rotatable bonds is 11. The van der Waals surface area contributed by atoms with E-state index >= 15 is 0 Å². The van der Waals surface area contributed by atoms with Crippen molar-refractivity contribution in [3.8, 4) is 5.75 Å². The summed E-state index contributed by atoms with van der Waals surface area (Å²) in [7, 11) is 0. The lowest BCUT2D eigenvalue weighted by molar-refractivity contribution is -0.143. The average molecular weight is 487 g/mol. The first kappa shape index (κ1) is 27.0. The van der Waals surface area contributed by atoms with Gasteiger partial charge in [0.2, 0.25) is 5.91 Å². The summed E-state index contributed by atoms with van der Waals surface area (Å²) in [5.74, 6) is 0.566. The Bertz CT molecular complexity index is 1120. The Morgan fingerprint density at radius 1 is 0.833 bits per heavy atom. The maximum atomic E-state index is 13.7. The number of para-hydroxylation sites is 1. The van der Waals surface area contributed by atoms with Crippen LogP contribution in [0.4, 0.5) is 0 Å². The Labute approximate surface area is 215 Å². The number of ether oxygens (including phenoxy) is 1. The van der Waals surface area contributed by atoms with Crippen LogP contribution < -0.4 is 10.1 Å². The molecule has 5 heteroatoms. The fraction of sp³-hybridized carbons (Fsp3) is 0.355. The largest absolute Gasteiger partial charge is 0.483 e. The molecule has 190 valence electrons. The molecule has 0 radical (unpaired) electrons. The zero-order valence-electron chi connectivity index (χ0n) is 22.0. The van der Waals surface area contributed by atoms with Gasteiger partial charge in [0.15, 0.2) is 6.61 Å². The van der Waals surface area contributed by atoms with Crippen LogP contribution >= 0.6 is 0 Å². The van der Waals surface area contributed by atoms with Crippen molar-refractivity contribution in [1.29, 1.82) is 0 Å². The van der Waals surface area contributed by atoms with E-state index in [4.69, 9.17) is 4.74 Å². The maximum Gasteiger partial charge on any atom is 0.261 e. The van der Waals surface area contributed by atoms with E-state index in [9.17, 15) is 9.59 Å². The fourth-order valence-corrected chi connectivity index (χ4v) is 4.14. The van der Waals surface area contributed by atoms with Gasteiger partial charge in [-0.3, -0.25) is 9.59 Å². The number of hydrogen-bond acceptors (Lipinski definition) is 3. The summed E-state index contributed by atoms with van der Waals surface area (Å²) in [5, 5.41) is 3.02. The normalized spacial score (nSPS) is 11.9. The zero-order chi connectivity index (χ0) is 26.1. The summed E-state index contributed by atoms with van der Waals surface area (Å²) in [6, 6.07) is 24.9. The van der Waals surface area contributed by atoms with Gasteiger partial charge in [-0.15, -0.1) is 0 Å². The Hall–Kier alpha value is -3.60. The Morgan fingerprint density at radius 3 is 2.11 bits per heavy atom. The quantitative estimate of drug-likeness (QED) is 0.380. The van der Waals surface area contributed by atoms with Crippen LogP contribution in [-0.4, -0.2) is 35.4 Å². The zero-order valence-corrected chi connectivity index (χ0v) is 22.0. The third-order valence-electron chi connectivity index (χ3n) is 6.07. The molecule has 0 bridgehead atoms. The maximum absolute atomic E-state index is 13.7. The molecule has 0 aliphatic carbocycles. The number of carbonyl (C=O) groups is 2. The number of amides is 2. The molecule has 0 saturated heterocycles. The topological polar surface area (TPSA) is 58.6 Å². The van der Waals surface area contributed by atoms with Crippen LogP contribution in [0.15, 0.2) is 78.9 Å². The Morgan fingerprint density at radius 2 is 1.47 bits per heavy atom. The number of benzene rings is 3. The summed E-state index contributed by atoms with van der Waals surface area (Å²) >= 11 is 0. The van der Waals surface area contributed by atoms with Gasteiger partial charge in [-0.05, 0) is 49.4 Å². The molecule has 3 aromatic carbocycles. The molecule has 0 fully saturated rings. The first-order valence-electron chi connectivity index (χ1n) is 12.7. The number of hydrogen-bond donors (Lipinski definition) is 1. The van der Waals surface area contributed by atoms with Gasteiger partial charge in [0.05, 0.1) is 0 Å². The fourth-order valence-electron chi connectivity index (χ4n) is 4.14. The minimum Gasteiger partial charge on any atom is -0.483 e. The number of nitrogens with zero attached hydrogens (tertiary/aromatic N) is 1. The second kappa shape index (κ2) is 12.9. The van der Waals surface area contributed by atoms with E-state index in [0.29, 0.717) is 18.7 Å². The summed E-state index contributed by atoms with van der Waals surface area (Å²) < 4.78 is 6.04. The van der Waals surface area contributed by atoms with Crippen molar-refractivity contribution in [2.45, 2.75) is 65.6 Å². The van der Waals surface area contributed by atoms with E-state index in [1.165, 1.54) is 0 Å². The molecular formula is C31H38N2O3. The Kier molecular flexibility index (Phi) is 9.69. The van der Waals surface area contributed by atoms with Crippen LogP contribution in [0.1, 0.15) is 55.9 Å². The standard InChI is InChI=1S/C31H38N2O3/c1-22(2)27-13-9-10-14-29(27)36-21-30(34)33(20-26-17-15-24(5)16-18-26)28(31(35)32-23(3)4)19-25-11-7-6-8-12-25/h6-18,22-23,28H,19-21H2,1-5H3,(H,32,35)/t28-/m1/s1. The monoisotopic (exact) mass is 486 g/mol. The van der Waals surface area contributed by atoms with Crippen LogP contribution in [0.2, 0.25) is 0 Å². The van der Waals surface area contributed by atoms with E-state index in [2.05, 4.69) is 19.2 Å². The van der Waals surface area contributed by atoms with Crippen molar-refractivity contribution in [3.05, 3.63) is 101 Å². The third-order valence-corrected chi connectivity index (χ3v) is 6.07. The number of carbonyl (C=O) groups excluding carboxylic acids is 2. The average Bonchev–Trinajstić information content (AvgIpc) is 2.86. The molecule has 2 amide bonds. The van der Waals surface area contributed by atoms with E-state index in [-0.39, 0.29) is 30.4 Å². The van der Waals surface area contributed by atoms with Crippen molar-refractivity contribution in [1.82, 2.24) is 10.2 Å². The molecule has 5 nitrogen and oxygen atoms in total. The lowest BCUT2D eigenvalue weighted by Crippen LogP contribution is -2.52. The Balaban J connectivity index is 1.92. The minimum absolute atomic E-state index is 0.0405. The minimum atomic E-state index is -0.674. The van der Waals surface area contributed by atoms with Gasteiger partial charge in [0.1, 0.15) is 11.8 Å². The second-order valence-corrected chi connectivity index (χ2v) is 9.86. The summed E-state index contributed by atoms with van der Waals surface area (Å²) in [6.07, 6.45) is 0.416. The van der Waals surface area contributed by atoms with Gasteiger partial charge in [-0.1, -0.05) is 92.2 Å². The highest BCUT2D eigenvalue weighted by Crippen LogP contribution is 2.26. The van der Waals surface area contributed by atoms with E-state index < -0.39 is 6.04 Å². The number of nitrogens with one attached hydrogen (secondary N) is 1. The lowest BCUT2D eigenvalue weighted by Gasteiger charge is -2.32. The molecular weight excluding hydrogens is 448 g/mol. The molecule has 36 heavy (non-hydrogen) atoms. The molecule has 0 aliphatic heterocycles. The van der Waals surface area contributed by atoms with Crippen molar-refractivity contribution < 1.29 is 14.3 Å². The number of aryl methyl sites for hydroxylation is 1. The molecule has 0 aliphatic rings. The van der Waals surface area contributed by atoms with E-state index in [1.807, 2.05) is 99.6 Å². The van der Waals surface area contributed by atoms with Crippen molar-refractivity contribution >= 4 is 11.8 Å². The SMILES string of the molecule is Cc1ccc(CN(C(=O)COc2ccccc2C(C)C)[C@H](Cc2ccccc2)C(=O)NC(C)C)cc1. The molecule has 0 aromatic heterocycles. The van der Waals surface area contributed by atoms with Crippen LogP contribution in [0.3, 0.4) is 0 Å². The smallest absolute Gasteiger partial charge is 0.261 e. The lowest BCUT2D eigenvalue weighted by atomic mass is 10.0. The highest BCUT2D eigenvalue weighted by atomic mass is 16.5. The first-order valence-corrected chi connectivity index (χ1v) is 12.7. The molecule has 0 spiro atoms. The van der Waals surface area contributed by atoms with Gasteiger partial charge in [-0.2, -0.15) is 0 Å². The van der Waals surface area contributed by atoms with Crippen LogP contribution in [0.25, 0.3) is 0 Å². The van der Waals surface area contributed by atoms with Gasteiger partial charge in [-0.25, -0.2) is 0 Å². The van der Waals surface area contributed by atoms with Gasteiger partial charge in [0.25, 0.3) is 5.91 Å². The van der Waals surface area contributed by atoms with Crippen LogP contribution in [-0.2, 0) is 22.6 Å². The second-order valence-electron chi connectivity index (χ2n) is 9.86.